The van der Waals surface area contributed by atoms with Crippen molar-refractivity contribution in [3.05, 3.63) is 85.1 Å². The summed E-state index contributed by atoms with van der Waals surface area (Å²) >= 11 is 0. The van der Waals surface area contributed by atoms with Crippen LogP contribution in [0, 0.1) is 0 Å². The molecule has 0 amide bonds. The van der Waals surface area contributed by atoms with Crippen molar-refractivity contribution in [2.24, 2.45) is 0 Å². The molecule has 0 fully saturated rings. The Bertz CT molecular complexity index is 1470. The number of rotatable bonds is 54. The van der Waals surface area contributed by atoms with E-state index in [4.69, 9.17) is 18.9 Å². The molecule has 0 saturated carbocycles. The Morgan fingerprint density at radius 1 is 0.425 bits per heavy atom. The molecular weight excluding hydrogens is 911 g/mol. The molecule has 0 N–H and O–H groups in total. The SMILES string of the molecule is CC/C=C\C/C=C\C/C=C\C/C=C\C/C=C\C/C=C\C/C=C\CCCCCCCCCC(=O)OC(COC(=O)CCCCCCCCCCCCCCCCCCCCC)COC(OCC[N+](C)(C)C)C(=O)[O-]. The zero-order valence-corrected chi connectivity index (χ0v) is 47.7. The van der Waals surface area contributed by atoms with E-state index in [-0.39, 0.29) is 38.6 Å². The van der Waals surface area contributed by atoms with Gasteiger partial charge in [-0.05, 0) is 70.6 Å². The molecular formula is C64H111NO8. The Hall–Kier alpha value is -3.53. The molecule has 0 aliphatic rings. The number of allylic oxidation sites excluding steroid dienone is 14. The Kier molecular flexibility index (Phi) is 52.1. The maximum atomic E-state index is 12.9. The molecule has 9 heteroatoms. The molecule has 0 spiro atoms. The number of likely N-dealkylation sites (N-methyl/N-ethyl adjacent to an activating group) is 1. The first-order valence-corrected chi connectivity index (χ1v) is 29.7. The summed E-state index contributed by atoms with van der Waals surface area (Å²) < 4.78 is 22.7. The van der Waals surface area contributed by atoms with Gasteiger partial charge in [-0.3, -0.25) is 9.59 Å². The zero-order chi connectivity index (χ0) is 53.4. The molecule has 0 rings (SSSR count). The third-order valence-electron chi connectivity index (χ3n) is 12.7. The molecule has 73 heavy (non-hydrogen) atoms. The average Bonchev–Trinajstić information content (AvgIpc) is 3.36. The predicted octanol–water partition coefficient (Wildman–Crippen LogP) is 16.2. The summed E-state index contributed by atoms with van der Waals surface area (Å²) in [6.45, 7) is 4.64. The number of carbonyl (C=O) groups excluding carboxylic acids is 3. The summed E-state index contributed by atoms with van der Waals surface area (Å²) in [4.78, 5) is 37.3. The Morgan fingerprint density at radius 2 is 0.781 bits per heavy atom. The van der Waals surface area contributed by atoms with Gasteiger partial charge < -0.3 is 33.3 Å². The number of quaternary nitrogens is 1. The van der Waals surface area contributed by atoms with Gasteiger partial charge in [-0.2, -0.15) is 0 Å². The number of hydrogen-bond donors (Lipinski definition) is 0. The van der Waals surface area contributed by atoms with Crippen molar-refractivity contribution in [1.29, 1.82) is 0 Å². The summed E-state index contributed by atoms with van der Waals surface area (Å²) in [7, 11) is 5.92. The molecule has 0 aromatic rings. The van der Waals surface area contributed by atoms with E-state index in [1.54, 1.807) is 0 Å². The van der Waals surface area contributed by atoms with Crippen LogP contribution in [0.25, 0.3) is 0 Å². The van der Waals surface area contributed by atoms with Crippen molar-refractivity contribution in [1.82, 2.24) is 0 Å². The Morgan fingerprint density at radius 3 is 1.16 bits per heavy atom. The summed E-state index contributed by atoms with van der Waals surface area (Å²) in [5.74, 6) is -2.29. The molecule has 0 saturated heterocycles. The van der Waals surface area contributed by atoms with E-state index in [0.717, 1.165) is 89.9 Å². The number of carboxylic acid groups (broad SMARTS) is 1. The minimum atomic E-state index is -1.63. The lowest BCUT2D eigenvalue weighted by atomic mass is 10.0. The van der Waals surface area contributed by atoms with Crippen LogP contribution in [0.2, 0.25) is 0 Å². The standard InChI is InChI=1S/C64H111NO8/c1-6-8-10-12-14-16-18-20-22-24-26-27-28-29-30-31-32-33-34-35-37-39-41-43-45-47-49-51-53-55-62(67)73-60(59-72-64(63(68)69)70-57-56-65(3,4)5)58-71-61(66)54-52-50-48-46-44-42-40-38-36-25-23-21-19-17-15-13-11-9-7-2/h8,10,14,16,20,22,26-27,29-30,32-33,35,37,60,64H,6-7,9,11-13,15,17-19,21,23-25,28,31,34,36,38-59H2,1-5H3/b10-8-,16-14-,22-20-,27-26-,30-29-,33-32-,37-35-. The first-order valence-electron chi connectivity index (χ1n) is 29.7. The normalized spacial score (nSPS) is 13.4. The van der Waals surface area contributed by atoms with E-state index in [9.17, 15) is 19.5 Å². The monoisotopic (exact) mass is 1020 g/mol. The van der Waals surface area contributed by atoms with Crippen LogP contribution in [0.5, 0.6) is 0 Å². The topological polar surface area (TPSA) is 111 Å². The van der Waals surface area contributed by atoms with Gasteiger partial charge in [0.1, 0.15) is 13.2 Å². The minimum Gasteiger partial charge on any atom is -0.545 e. The molecule has 420 valence electrons. The molecule has 0 aliphatic heterocycles. The number of aliphatic carboxylic acids is 1. The van der Waals surface area contributed by atoms with Gasteiger partial charge >= 0.3 is 11.9 Å². The Labute approximate surface area is 449 Å². The van der Waals surface area contributed by atoms with Gasteiger partial charge in [-0.25, -0.2) is 0 Å². The second-order valence-electron chi connectivity index (χ2n) is 20.9. The largest absolute Gasteiger partial charge is 0.545 e. The van der Waals surface area contributed by atoms with Gasteiger partial charge in [-0.15, -0.1) is 0 Å². The molecule has 0 radical (unpaired) electrons. The van der Waals surface area contributed by atoms with Crippen LogP contribution >= 0.6 is 0 Å². The summed E-state index contributed by atoms with van der Waals surface area (Å²) in [5.41, 5.74) is 0. The van der Waals surface area contributed by atoms with Gasteiger partial charge in [0, 0.05) is 12.8 Å². The highest BCUT2D eigenvalue weighted by atomic mass is 16.7. The van der Waals surface area contributed by atoms with E-state index >= 15 is 0 Å². The fraction of sp³-hybridized carbons (Fsp3) is 0.734. The van der Waals surface area contributed by atoms with Gasteiger partial charge in [-0.1, -0.05) is 247 Å². The number of nitrogens with zero attached hydrogens (tertiary/aromatic N) is 1. The number of carboxylic acids is 1. The van der Waals surface area contributed by atoms with Gasteiger partial charge in [0.15, 0.2) is 12.4 Å². The first-order chi connectivity index (χ1) is 35.6. The smallest absolute Gasteiger partial charge is 0.306 e. The maximum Gasteiger partial charge on any atom is 0.306 e. The van der Waals surface area contributed by atoms with Gasteiger partial charge in [0.2, 0.25) is 0 Å². The van der Waals surface area contributed by atoms with E-state index in [2.05, 4.69) is 98.9 Å². The van der Waals surface area contributed by atoms with Crippen LogP contribution in [0.1, 0.15) is 245 Å². The quantitative estimate of drug-likeness (QED) is 0.0195. The van der Waals surface area contributed by atoms with Crippen LogP contribution in [-0.2, 0) is 33.3 Å². The molecule has 2 unspecified atom stereocenters. The van der Waals surface area contributed by atoms with E-state index in [1.807, 2.05) is 21.1 Å². The molecule has 0 heterocycles. The molecule has 0 aliphatic carbocycles. The fourth-order valence-electron chi connectivity index (χ4n) is 8.11. The minimum absolute atomic E-state index is 0.143. The number of unbranched alkanes of at least 4 members (excludes halogenated alkanes) is 25. The maximum absolute atomic E-state index is 12.9. The molecule has 0 aromatic heterocycles. The van der Waals surface area contributed by atoms with E-state index in [1.165, 1.54) is 122 Å². The number of carbonyl (C=O) groups is 3. The second-order valence-corrected chi connectivity index (χ2v) is 20.9. The molecule has 0 aromatic carbocycles. The average molecular weight is 1020 g/mol. The summed E-state index contributed by atoms with van der Waals surface area (Å²) in [6.07, 6.45) is 69.1. The van der Waals surface area contributed by atoms with Crippen LogP contribution in [0.3, 0.4) is 0 Å². The molecule has 2 atom stereocenters. The van der Waals surface area contributed by atoms with Gasteiger partial charge in [0.05, 0.1) is 40.3 Å². The number of esters is 2. The molecule has 9 nitrogen and oxygen atoms in total. The fourth-order valence-corrected chi connectivity index (χ4v) is 8.11. The van der Waals surface area contributed by atoms with Crippen molar-refractivity contribution in [3.8, 4) is 0 Å². The lowest BCUT2D eigenvalue weighted by Gasteiger charge is -2.26. The highest BCUT2D eigenvalue weighted by molar-refractivity contribution is 5.70. The van der Waals surface area contributed by atoms with Crippen molar-refractivity contribution >= 4 is 17.9 Å². The van der Waals surface area contributed by atoms with Crippen molar-refractivity contribution in [3.63, 3.8) is 0 Å². The number of hydrogen-bond acceptors (Lipinski definition) is 8. The summed E-state index contributed by atoms with van der Waals surface area (Å²) in [6, 6.07) is 0. The van der Waals surface area contributed by atoms with E-state index in [0.29, 0.717) is 17.4 Å². The highest BCUT2D eigenvalue weighted by Gasteiger charge is 2.22. The molecule has 0 bridgehead atoms. The number of ether oxygens (including phenoxy) is 4. The van der Waals surface area contributed by atoms with Gasteiger partial charge in [0.25, 0.3) is 0 Å². The summed E-state index contributed by atoms with van der Waals surface area (Å²) in [5, 5.41) is 11.8. The van der Waals surface area contributed by atoms with Crippen LogP contribution in [-0.4, -0.2) is 82.3 Å². The van der Waals surface area contributed by atoms with Crippen LogP contribution in [0.4, 0.5) is 0 Å². The Balaban J connectivity index is 4.27. The van der Waals surface area contributed by atoms with Crippen molar-refractivity contribution in [2.45, 2.75) is 257 Å². The lowest BCUT2D eigenvalue weighted by molar-refractivity contribution is -0.870. The highest BCUT2D eigenvalue weighted by Crippen LogP contribution is 2.16. The third-order valence-corrected chi connectivity index (χ3v) is 12.7. The second kappa shape index (κ2) is 54.7. The van der Waals surface area contributed by atoms with Crippen LogP contribution in [0.15, 0.2) is 85.1 Å². The van der Waals surface area contributed by atoms with Crippen molar-refractivity contribution in [2.75, 3.05) is 47.5 Å². The van der Waals surface area contributed by atoms with Crippen molar-refractivity contribution < 1.29 is 42.9 Å². The lowest BCUT2D eigenvalue weighted by Crippen LogP contribution is -2.44. The third kappa shape index (κ3) is 56.0. The first kappa shape index (κ1) is 69.5. The van der Waals surface area contributed by atoms with Crippen LogP contribution < -0.4 is 5.11 Å². The predicted molar refractivity (Wildman–Crippen MR) is 306 cm³/mol. The zero-order valence-electron chi connectivity index (χ0n) is 47.7. The van der Waals surface area contributed by atoms with E-state index < -0.39 is 24.3 Å².